The van der Waals surface area contributed by atoms with Crippen LogP contribution in [0.2, 0.25) is 5.02 Å². The maximum atomic E-state index is 12.1. The zero-order valence-corrected chi connectivity index (χ0v) is 13.0. The lowest BCUT2D eigenvalue weighted by Crippen LogP contribution is -2.13. The standard InChI is InChI=1S/C17H15ClO4/c1-11-5-3-4-6-13(11)15(19)10-22-16-8-7-12(9-14(16)18)17(20)21-2/h3-9H,10H2,1-2H3. The van der Waals surface area contributed by atoms with E-state index in [0.29, 0.717) is 16.9 Å². The summed E-state index contributed by atoms with van der Waals surface area (Å²) in [6.45, 7) is 1.74. The van der Waals surface area contributed by atoms with Crippen LogP contribution in [0.15, 0.2) is 42.5 Å². The van der Waals surface area contributed by atoms with Crippen LogP contribution in [0.25, 0.3) is 0 Å². The lowest BCUT2D eigenvalue weighted by molar-refractivity contribution is 0.0600. The molecule has 2 aromatic carbocycles. The third-order valence-electron chi connectivity index (χ3n) is 3.16. The Morgan fingerprint density at radius 1 is 1.14 bits per heavy atom. The van der Waals surface area contributed by atoms with Crippen molar-refractivity contribution in [1.82, 2.24) is 0 Å². The highest BCUT2D eigenvalue weighted by atomic mass is 35.5. The average molecular weight is 319 g/mol. The van der Waals surface area contributed by atoms with E-state index >= 15 is 0 Å². The zero-order chi connectivity index (χ0) is 16.1. The largest absolute Gasteiger partial charge is 0.484 e. The number of carbonyl (C=O) groups excluding carboxylic acids is 2. The van der Waals surface area contributed by atoms with Gasteiger partial charge in [-0.25, -0.2) is 4.79 Å². The van der Waals surface area contributed by atoms with Gasteiger partial charge in [-0.1, -0.05) is 35.9 Å². The van der Waals surface area contributed by atoms with Crippen LogP contribution in [0, 0.1) is 6.92 Å². The van der Waals surface area contributed by atoms with E-state index in [9.17, 15) is 9.59 Å². The first-order chi connectivity index (χ1) is 10.5. The minimum Gasteiger partial charge on any atom is -0.484 e. The van der Waals surface area contributed by atoms with E-state index in [2.05, 4.69) is 4.74 Å². The molecule has 0 heterocycles. The van der Waals surface area contributed by atoms with Crippen molar-refractivity contribution >= 4 is 23.4 Å². The van der Waals surface area contributed by atoms with Crippen LogP contribution < -0.4 is 4.74 Å². The molecule has 114 valence electrons. The normalized spacial score (nSPS) is 10.1. The van der Waals surface area contributed by atoms with Gasteiger partial charge in [0.25, 0.3) is 0 Å². The van der Waals surface area contributed by atoms with Gasteiger partial charge in [-0.15, -0.1) is 0 Å². The Hall–Kier alpha value is -2.33. The number of benzene rings is 2. The molecule has 0 aliphatic carbocycles. The van der Waals surface area contributed by atoms with Crippen molar-refractivity contribution < 1.29 is 19.1 Å². The maximum absolute atomic E-state index is 12.1. The van der Waals surface area contributed by atoms with Gasteiger partial charge in [0.15, 0.2) is 12.4 Å². The van der Waals surface area contributed by atoms with E-state index in [-0.39, 0.29) is 17.4 Å². The Morgan fingerprint density at radius 2 is 1.86 bits per heavy atom. The van der Waals surface area contributed by atoms with Gasteiger partial charge in [-0.2, -0.15) is 0 Å². The molecule has 0 bridgehead atoms. The van der Waals surface area contributed by atoms with Crippen LogP contribution in [-0.2, 0) is 4.74 Å². The summed E-state index contributed by atoms with van der Waals surface area (Å²) < 4.78 is 10.1. The van der Waals surface area contributed by atoms with Gasteiger partial charge in [0, 0.05) is 5.56 Å². The Morgan fingerprint density at radius 3 is 2.50 bits per heavy atom. The first kappa shape index (κ1) is 16.0. The minimum atomic E-state index is -0.482. The molecule has 0 unspecified atom stereocenters. The molecule has 0 saturated heterocycles. The number of rotatable bonds is 5. The van der Waals surface area contributed by atoms with Gasteiger partial charge in [0.05, 0.1) is 17.7 Å². The Balaban J connectivity index is 2.07. The molecule has 0 aliphatic heterocycles. The molecule has 0 radical (unpaired) electrons. The molecule has 0 fully saturated rings. The minimum absolute atomic E-state index is 0.123. The molecule has 4 nitrogen and oxygen atoms in total. The van der Waals surface area contributed by atoms with E-state index in [1.165, 1.54) is 19.2 Å². The number of hydrogen-bond donors (Lipinski definition) is 0. The van der Waals surface area contributed by atoms with E-state index in [1.54, 1.807) is 18.2 Å². The second-order valence-corrected chi connectivity index (χ2v) is 5.07. The first-order valence-corrected chi connectivity index (χ1v) is 7.00. The van der Waals surface area contributed by atoms with Crippen LogP contribution in [0.3, 0.4) is 0 Å². The summed E-state index contributed by atoms with van der Waals surface area (Å²) in [7, 11) is 1.29. The van der Waals surface area contributed by atoms with Gasteiger partial charge in [0.2, 0.25) is 0 Å². The van der Waals surface area contributed by atoms with E-state index in [4.69, 9.17) is 16.3 Å². The number of esters is 1. The van der Waals surface area contributed by atoms with Crippen molar-refractivity contribution in [1.29, 1.82) is 0 Å². The number of methoxy groups -OCH3 is 1. The molecule has 22 heavy (non-hydrogen) atoms. The van der Waals surface area contributed by atoms with E-state index in [1.807, 2.05) is 19.1 Å². The summed E-state index contributed by atoms with van der Waals surface area (Å²) in [4.78, 5) is 23.5. The molecule has 5 heteroatoms. The monoisotopic (exact) mass is 318 g/mol. The van der Waals surface area contributed by atoms with Gasteiger partial charge >= 0.3 is 5.97 Å². The first-order valence-electron chi connectivity index (χ1n) is 6.62. The molecule has 0 aromatic heterocycles. The number of aryl methyl sites for hydroxylation is 1. The summed E-state index contributed by atoms with van der Waals surface area (Å²) in [5, 5.41) is 0.250. The Labute approximate surface area is 133 Å². The lowest BCUT2D eigenvalue weighted by atomic mass is 10.1. The van der Waals surface area contributed by atoms with Gasteiger partial charge in [0.1, 0.15) is 5.75 Å². The molecule has 0 N–H and O–H groups in total. The van der Waals surface area contributed by atoms with Crippen molar-refractivity contribution in [3.63, 3.8) is 0 Å². The highest BCUT2D eigenvalue weighted by Crippen LogP contribution is 2.26. The predicted octanol–water partition coefficient (Wildman–Crippen LogP) is 3.70. The average Bonchev–Trinajstić information content (AvgIpc) is 2.53. The summed E-state index contributed by atoms with van der Waals surface area (Å²) in [5.74, 6) is -0.271. The Bertz CT molecular complexity index is 710. The fourth-order valence-corrected chi connectivity index (χ4v) is 2.20. The van der Waals surface area contributed by atoms with Crippen LogP contribution >= 0.6 is 11.6 Å². The Kier molecular flexibility index (Phi) is 5.17. The number of hydrogen-bond acceptors (Lipinski definition) is 4. The fraction of sp³-hybridized carbons (Fsp3) is 0.176. The topological polar surface area (TPSA) is 52.6 Å². The van der Waals surface area contributed by atoms with Crippen LogP contribution in [0.4, 0.5) is 0 Å². The third kappa shape index (κ3) is 3.65. The van der Waals surface area contributed by atoms with Crippen molar-refractivity contribution in [2.75, 3.05) is 13.7 Å². The lowest BCUT2D eigenvalue weighted by Gasteiger charge is -2.09. The van der Waals surface area contributed by atoms with Crippen molar-refractivity contribution in [2.45, 2.75) is 6.92 Å². The summed E-state index contributed by atoms with van der Waals surface area (Å²) in [6.07, 6.45) is 0. The number of ether oxygens (including phenoxy) is 2. The molecule has 2 aromatic rings. The molecular formula is C17H15ClO4. The molecule has 0 amide bonds. The molecule has 0 saturated carbocycles. The molecule has 0 aliphatic rings. The van der Waals surface area contributed by atoms with Crippen LogP contribution in [0.5, 0.6) is 5.75 Å². The second kappa shape index (κ2) is 7.09. The van der Waals surface area contributed by atoms with Crippen molar-refractivity contribution in [3.8, 4) is 5.75 Å². The maximum Gasteiger partial charge on any atom is 0.337 e. The summed E-state index contributed by atoms with van der Waals surface area (Å²) in [6, 6.07) is 11.8. The fourth-order valence-electron chi connectivity index (χ4n) is 1.97. The molecule has 0 spiro atoms. The number of halogens is 1. The van der Waals surface area contributed by atoms with E-state index < -0.39 is 5.97 Å². The summed E-state index contributed by atoms with van der Waals surface area (Å²) >= 11 is 6.05. The van der Waals surface area contributed by atoms with Gasteiger partial charge in [-0.3, -0.25) is 4.79 Å². The predicted molar refractivity (Wildman–Crippen MR) is 83.8 cm³/mol. The highest BCUT2D eigenvalue weighted by Gasteiger charge is 2.12. The number of ketones is 1. The van der Waals surface area contributed by atoms with E-state index in [0.717, 1.165) is 5.56 Å². The van der Waals surface area contributed by atoms with Gasteiger partial charge < -0.3 is 9.47 Å². The van der Waals surface area contributed by atoms with Gasteiger partial charge in [-0.05, 0) is 30.7 Å². The number of Topliss-reactive ketones (excluding diaryl/α,β-unsaturated/α-hetero) is 1. The number of carbonyl (C=O) groups is 2. The highest BCUT2D eigenvalue weighted by molar-refractivity contribution is 6.32. The van der Waals surface area contributed by atoms with Crippen LogP contribution in [-0.4, -0.2) is 25.5 Å². The smallest absolute Gasteiger partial charge is 0.337 e. The van der Waals surface area contributed by atoms with Crippen LogP contribution in [0.1, 0.15) is 26.3 Å². The van der Waals surface area contributed by atoms with Crippen molar-refractivity contribution in [2.24, 2.45) is 0 Å². The van der Waals surface area contributed by atoms with Crippen molar-refractivity contribution in [3.05, 3.63) is 64.2 Å². The second-order valence-electron chi connectivity index (χ2n) is 4.66. The molecule has 0 atom stereocenters. The third-order valence-corrected chi connectivity index (χ3v) is 3.45. The summed E-state index contributed by atoms with van der Waals surface area (Å²) in [5.41, 5.74) is 1.83. The molecule has 2 rings (SSSR count). The molecular weight excluding hydrogens is 304 g/mol. The SMILES string of the molecule is COC(=O)c1ccc(OCC(=O)c2ccccc2C)c(Cl)c1. The quantitative estimate of drug-likeness (QED) is 0.623. The zero-order valence-electron chi connectivity index (χ0n) is 12.3.